The number of rotatable bonds is 9. The first-order valence-electron chi connectivity index (χ1n) is 7.25. The minimum Gasteiger partial charge on any atom is -0.489 e. The summed E-state index contributed by atoms with van der Waals surface area (Å²) in [4.78, 5) is 2.28. The standard InChI is InChI=1S/C17H28N2O/c1-6-11-20-17-10-8-7-9-15(17)12-18-13-16(14(2)3)19(4)5/h6-10,14,16,18H,1,11-13H2,2-5H3. The van der Waals surface area contributed by atoms with Crippen LogP contribution in [0.25, 0.3) is 0 Å². The molecule has 0 heterocycles. The lowest BCUT2D eigenvalue weighted by Crippen LogP contribution is -2.41. The lowest BCUT2D eigenvalue weighted by atomic mass is 10.0. The maximum absolute atomic E-state index is 5.67. The second kappa shape index (κ2) is 8.77. The van der Waals surface area contributed by atoms with E-state index in [-0.39, 0.29) is 0 Å². The van der Waals surface area contributed by atoms with E-state index in [0.29, 0.717) is 18.6 Å². The quantitative estimate of drug-likeness (QED) is 0.702. The van der Waals surface area contributed by atoms with E-state index < -0.39 is 0 Å². The summed E-state index contributed by atoms with van der Waals surface area (Å²) in [5.41, 5.74) is 1.19. The number of likely N-dealkylation sites (N-methyl/N-ethyl adjacent to an activating group) is 1. The summed E-state index contributed by atoms with van der Waals surface area (Å²) < 4.78 is 5.67. The number of ether oxygens (including phenoxy) is 1. The Morgan fingerprint density at radius 3 is 2.60 bits per heavy atom. The van der Waals surface area contributed by atoms with Gasteiger partial charge in [-0.15, -0.1) is 0 Å². The van der Waals surface area contributed by atoms with Crippen molar-refractivity contribution in [1.82, 2.24) is 10.2 Å². The lowest BCUT2D eigenvalue weighted by molar-refractivity contribution is 0.224. The van der Waals surface area contributed by atoms with Crippen molar-refractivity contribution in [1.29, 1.82) is 0 Å². The summed E-state index contributed by atoms with van der Waals surface area (Å²) in [6.45, 7) is 10.5. The Bertz CT molecular complexity index is 394. The average Bonchev–Trinajstić information content (AvgIpc) is 2.41. The maximum Gasteiger partial charge on any atom is 0.124 e. The van der Waals surface area contributed by atoms with E-state index in [1.165, 1.54) is 5.56 Å². The molecular formula is C17H28N2O. The van der Waals surface area contributed by atoms with E-state index in [0.717, 1.165) is 18.8 Å². The van der Waals surface area contributed by atoms with Crippen LogP contribution >= 0.6 is 0 Å². The van der Waals surface area contributed by atoms with Crippen molar-refractivity contribution in [3.05, 3.63) is 42.5 Å². The lowest BCUT2D eigenvalue weighted by Gasteiger charge is -2.28. The van der Waals surface area contributed by atoms with Gasteiger partial charge in [-0.05, 0) is 26.1 Å². The van der Waals surface area contributed by atoms with Crippen LogP contribution in [0.3, 0.4) is 0 Å². The molecule has 0 spiro atoms. The predicted octanol–water partition coefficient (Wildman–Crippen LogP) is 2.93. The van der Waals surface area contributed by atoms with Gasteiger partial charge < -0.3 is 15.0 Å². The first-order chi connectivity index (χ1) is 9.56. The van der Waals surface area contributed by atoms with E-state index in [4.69, 9.17) is 4.74 Å². The fraction of sp³-hybridized carbons (Fsp3) is 0.529. The van der Waals surface area contributed by atoms with Gasteiger partial charge in [0.1, 0.15) is 12.4 Å². The molecule has 0 amide bonds. The summed E-state index contributed by atoms with van der Waals surface area (Å²) in [6.07, 6.45) is 1.77. The molecule has 3 nitrogen and oxygen atoms in total. The highest BCUT2D eigenvalue weighted by molar-refractivity contribution is 5.33. The third-order valence-electron chi connectivity index (χ3n) is 3.43. The van der Waals surface area contributed by atoms with Crippen LogP contribution in [-0.2, 0) is 6.54 Å². The van der Waals surface area contributed by atoms with E-state index >= 15 is 0 Å². The minimum absolute atomic E-state index is 0.538. The summed E-state index contributed by atoms with van der Waals surface area (Å²) in [5.74, 6) is 1.57. The van der Waals surface area contributed by atoms with Gasteiger partial charge in [0, 0.05) is 24.7 Å². The molecule has 0 aliphatic rings. The summed E-state index contributed by atoms with van der Waals surface area (Å²) in [7, 11) is 4.26. The zero-order chi connectivity index (χ0) is 15.0. The van der Waals surface area contributed by atoms with Crippen molar-refractivity contribution in [2.24, 2.45) is 5.92 Å². The minimum atomic E-state index is 0.538. The highest BCUT2D eigenvalue weighted by Crippen LogP contribution is 2.17. The van der Waals surface area contributed by atoms with Gasteiger partial charge in [0.25, 0.3) is 0 Å². The zero-order valence-corrected chi connectivity index (χ0v) is 13.2. The third kappa shape index (κ3) is 5.35. The highest BCUT2D eigenvalue weighted by Gasteiger charge is 2.15. The van der Waals surface area contributed by atoms with Crippen LogP contribution < -0.4 is 10.1 Å². The summed E-state index contributed by atoms with van der Waals surface area (Å²) in [5, 5.41) is 3.53. The van der Waals surface area contributed by atoms with Crippen molar-refractivity contribution < 1.29 is 4.74 Å². The van der Waals surface area contributed by atoms with E-state index in [9.17, 15) is 0 Å². The van der Waals surface area contributed by atoms with E-state index in [2.05, 4.69) is 50.8 Å². The van der Waals surface area contributed by atoms with Gasteiger partial charge in [0.15, 0.2) is 0 Å². The van der Waals surface area contributed by atoms with E-state index in [1.54, 1.807) is 6.08 Å². The van der Waals surface area contributed by atoms with Gasteiger partial charge in [-0.3, -0.25) is 0 Å². The van der Waals surface area contributed by atoms with Crippen molar-refractivity contribution >= 4 is 0 Å². The van der Waals surface area contributed by atoms with Crippen LogP contribution in [0.5, 0.6) is 5.75 Å². The molecule has 0 bridgehead atoms. The average molecular weight is 276 g/mol. The first-order valence-corrected chi connectivity index (χ1v) is 7.25. The Morgan fingerprint density at radius 1 is 1.30 bits per heavy atom. The van der Waals surface area contributed by atoms with Crippen LogP contribution in [0.2, 0.25) is 0 Å². The number of hydrogen-bond donors (Lipinski definition) is 1. The fourth-order valence-corrected chi connectivity index (χ4v) is 2.31. The third-order valence-corrected chi connectivity index (χ3v) is 3.43. The molecule has 0 saturated carbocycles. The number of nitrogens with zero attached hydrogens (tertiary/aromatic N) is 1. The molecule has 0 radical (unpaired) electrons. The molecule has 1 unspecified atom stereocenters. The molecule has 0 aliphatic heterocycles. The van der Waals surface area contributed by atoms with Crippen LogP contribution in [0.15, 0.2) is 36.9 Å². The van der Waals surface area contributed by atoms with Gasteiger partial charge in [-0.25, -0.2) is 0 Å². The Kier molecular flexibility index (Phi) is 7.34. The summed E-state index contributed by atoms with van der Waals surface area (Å²) >= 11 is 0. The van der Waals surface area contributed by atoms with Crippen LogP contribution in [-0.4, -0.2) is 38.2 Å². The molecule has 0 aromatic heterocycles. The molecule has 1 aromatic carbocycles. The molecule has 1 aromatic rings. The molecule has 3 heteroatoms. The second-order valence-corrected chi connectivity index (χ2v) is 5.61. The fourth-order valence-electron chi connectivity index (χ4n) is 2.31. The van der Waals surface area contributed by atoms with Crippen LogP contribution in [0.4, 0.5) is 0 Å². The van der Waals surface area contributed by atoms with Gasteiger partial charge in [-0.2, -0.15) is 0 Å². The van der Waals surface area contributed by atoms with Crippen LogP contribution in [0, 0.1) is 5.92 Å². The Labute approximate surface area is 123 Å². The number of hydrogen-bond acceptors (Lipinski definition) is 3. The highest BCUT2D eigenvalue weighted by atomic mass is 16.5. The second-order valence-electron chi connectivity index (χ2n) is 5.61. The van der Waals surface area contributed by atoms with Crippen molar-refractivity contribution in [2.75, 3.05) is 27.2 Å². The molecule has 20 heavy (non-hydrogen) atoms. The molecular weight excluding hydrogens is 248 g/mol. The largest absolute Gasteiger partial charge is 0.489 e. The number of benzene rings is 1. The van der Waals surface area contributed by atoms with Gasteiger partial charge in [-0.1, -0.05) is 44.7 Å². The SMILES string of the molecule is C=CCOc1ccccc1CNCC(C(C)C)N(C)C. The first kappa shape index (κ1) is 16.7. The van der Waals surface area contributed by atoms with Crippen molar-refractivity contribution in [3.63, 3.8) is 0 Å². The predicted molar refractivity (Wildman–Crippen MR) is 86.2 cm³/mol. The van der Waals surface area contributed by atoms with E-state index in [1.807, 2.05) is 18.2 Å². The molecule has 112 valence electrons. The molecule has 1 N–H and O–H groups in total. The monoisotopic (exact) mass is 276 g/mol. The molecule has 0 aliphatic carbocycles. The van der Waals surface area contributed by atoms with Gasteiger partial charge in [0.05, 0.1) is 0 Å². The van der Waals surface area contributed by atoms with Crippen molar-refractivity contribution in [2.45, 2.75) is 26.4 Å². The Balaban J connectivity index is 2.54. The van der Waals surface area contributed by atoms with Gasteiger partial charge >= 0.3 is 0 Å². The smallest absolute Gasteiger partial charge is 0.124 e. The topological polar surface area (TPSA) is 24.5 Å². The van der Waals surface area contributed by atoms with Crippen molar-refractivity contribution in [3.8, 4) is 5.75 Å². The Hall–Kier alpha value is -1.32. The Morgan fingerprint density at radius 2 is 2.00 bits per heavy atom. The molecule has 0 fully saturated rings. The number of para-hydroxylation sites is 1. The summed E-state index contributed by atoms with van der Waals surface area (Å²) in [6, 6.07) is 8.69. The molecule has 1 atom stereocenters. The van der Waals surface area contributed by atoms with Gasteiger partial charge in [0.2, 0.25) is 0 Å². The molecule has 0 saturated heterocycles. The molecule has 1 rings (SSSR count). The number of nitrogens with one attached hydrogen (secondary N) is 1. The zero-order valence-electron chi connectivity index (χ0n) is 13.2. The maximum atomic E-state index is 5.67. The van der Waals surface area contributed by atoms with Crippen LogP contribution in [0.1, 0.15) is 19.4 Å². The normalized spacial score (nSPS) is 12.7.